The largest absolute Gasteiger partial charge is 1.00 e. The van der Waals surface area contributed by atoms with Gasteiger partial charge in [0.1, 0.15) is 25.9 Å². The molecule has 0 bridgehead atoms. The van der Waals surface area contributed by atoms with Crippen molar-refractivity contribution in [1.29, 1.82) is 5.26 Å². The summed E-state index contributed by atoms with van der Waals surface area (Å²) in [5.41, 5.74) is 4.86. The zero-order valence-electron chi connectivity index (χ0n) is 27.5. The van der Waals surface area contributed by atoms with E-state index in [9.17, 15) is 47.3 Å². The maximum Gasteiger partial charge on any atom is 1.00 e. The number of sulfone groups is 1. The van der Waals surface area contributed by atoms with Gasteiger partial charge in [0.05, 0.1) is 44.1 Å². The van der Waals surface area contributed by atoms with Crippen molar-refractivity contribution in [2.24, 2.45) is 10.2 Å². The van der Waals surface area contributed by atoms with Crippen LogP contribution in [0.15, 0.2) is 85.6 Å². The normalized spacial score (nSPS) is 11.7. The summed E-state index contributed by atoms with van der Waals surface area (Å²) in [6.07, 6.45) is 1.59. The number of benzene rings is 3. The number of hydrogen-bond donors (Lipinski definition) is 4. The van der Waals surface area contributed by atoms with Crippen LogP contribution in [-0.4, -0.2) is 74.6 Å². The van der Waals surface area contributed by atoms with E-state index in [1.807, 2.05) is 0 Å². The second-order valence-electron chi connectivity index (χ2n) is 9.38. The number of nitrogens with zero attached hydrogens (tertiary/aromatic N) is 6. The summed E-state index contributed by atoms with van der Waals surface area (Å²) in [7, 11) is -19.1. The average Bonchev–Trinajstić information content (AvgIpc) is 2.99. The average molecular weight is 837 g/mol. The summed E-state index contributed by atoms with van der Waals surface area (Å²) in [5.74, 6) is -1.81. The SMILES string of the molecule is N#CNc1nc(Nc2cccc(S(=O)(=O)[O-])c2)nc(Nc2cc(N)c(S(=O)(=O)[O-])cc2N=Nc2ccc(S(=O)(=O)CCOS(=O)(=O)[O-])cc2)n1.[Na+].[Na+].[Na+]. The van der Waals surface area contributed by atoms with Crippen LogP contribution in [0, 0.1) is 11.5 Å². The predicted molar refractivity (Wildman–Crippen MR) is 167 cm³/mol. The molecule has 264 valence electrons. The van der Waals surface area contributed by atoms with Crippen LogP contribution in [0.2, 0.25) is 0 Å². The first-order chi connectivity index (χ1) is 23.2. The third-order valence-electron chi connectivity index (χ3n) is 5.87. The van der Waals surface area contributed by atoms with Crippen molar-refractivity contribution in [3.05, 3.63) is 60.7 Å². The summed E-state index contributed by atoms with van der Waals surface area (Å²) in [4.78, 5) is 10.3. The van der Waals surface area contributed by atoms with Gasteiger partial charge < -0.3 is 30.0 Å². The molecule has 0 spiro atoms. The number of rotatable bonds is 14. The first-order valence-corrected chi connectivity index (χ1v) is 18.8. The number of nitriles is 1. The molecular formula is C24H19N10Na3O12S4. The molecular weight excluding hydrogens is 818 g/mol. The molecule has 4 aromatic rings. The Bertz CT molecular complexity index is 2470. The van der Waals surface area contributed by atoms with Crippen LogP contribution in [0.3, 0.4) is 0 Å². The Kier molecular flexibility index (Phi) is 18.3. The second-order valence-corrected chi connectivity index (χ2v) is 15.3. The van der Waals surface area contributed by atoms with Crippen molar-refractivity contribution in [1.82, 2.24) is 15.0 Å². The Morgan fingerprint density at radius 2 is 1.36 bits per heavy atom. The molecule has 0 atom stereocenters. The van der Waals surface area contributed by atoms with Gasteiger partial charge in [-0.05, 0) is 54.6 Å². The quantitative estimate of drug-likeness (QED) is 0.0174. The minimum atomic E-state index is -5.14. The molecule has 3 aromatic carbocycles. The fraction of sp³-hybridized carbons (Fsp3) is 0.0833. The van der Waals surface area contributed by atoms with Gasteiger partial charge in [-0.1, -0.05) is 6.07 Å². The van der Waals surface area contributed by atoms with Gasteiger partial charge in [0.15, 0.2) is 16.0 Å². The summed E-state index contributed by atoms with van der Waals surface area (Å²) in [6, 6.07) is 11.0. The van der Waals surface area contributed by atoms with Gasteiger partial charge in [0.25, 0.3) is 0 Å². The van der Waals surface area contributed by atoms with Crippen molar-refractivity contribution in [3.63, 3.8) is 0 Å². The van der Waals surface area contributed by atoms with Crippen molar-refractivity contribution in [2.45, 2.75) is 14.7 Å². The summed E-state index contributed by atoms with van der Waals surface area (Å²) >= 11 is 0. The fourth-order valence-electron chi connectivity index (χ4n) is 3.75. The number of azo groups is 1. The van der Waals surface area contributed by atoms with Crippen LogP contribution in [0.1, 0.15) is 0 Å². The van der Waals surface area contributed by atoms with Gasteiger partial charge in [0, 0.05) is 5.69 Å². The molecule has 22 nitrogen and oxygen atoms in total. The van der Waals surface area contributed by atoms with Gasteiger partial charge in [-0.3, -0.25) is 9.50 Å². The van der Waals surface area contributed by atoms with Crippen LogP contribution >= 0.6 is 0 Å². The van der Waals surface area contributed by atoms with Crippen molar-refractivity contribution >= 4 is 86.8 Å². The van der Waals surface area contributed by atoms with Gasteiger partial charge in [0.2, 0.25) is 28.2 Å². The molecule has 1 heterocycles. The first-order valence-electron chi connectivity index (χ1n) is 13.0. The standard InChI is InChI=1S/C24H22N10O12S4.3Na/c25-13-27-22-30-23(28-15-2-1-3-17(10-15)48(37,38)39)32-24(31-22)29-19-11-18(26)21(49(40,41)42)12-20(19)34-33-14-4-6-16(7-5-14)47(35,36)9-8-46-50(43,44)45;;;/h1-7,10-12H,8-9,26H2,(H,37,38,39)(H,40,41,42)(H,43,44,45)(H3,27,28,29,30,31,32);;;/q;3*+1/p-3. The number of nitrogen functional groups attached to an aromatic ring is 1. The molecule has 4 rings (SSSR count). The smallest absolute Gasteiger partial charge is 0.744 e. The third-order valence-corrected chi connectivity index (χ3v) is 9.75. The molecule has 0 fully saturated rings. The molecule has 29 heteroatoms. The molecule has 0 aliphatic carbocycles. The van der Waals surface area contributed by atoms with E-state index in [1.165, 1.54) is 24.3 Å². The van der Waals surface area contributed by atoms with Gasteiger partial charge >= 0.3 is 88.7 Å². The molecule has 0 radical (unpaired) electrons. The Morgan fingerprint density at radius 1 is 0.755 bits per heavy atom. The van der Waals surface area contributed by atoms with E-state index < -0.39 is 68.3 Å². The van der Waals surface area contributed by atoms with E-state index in [0.717, 1.165) is 36.4 Å². The van der Waals surface area contributed by atoms with E-state index in [-0.39, 0.29) is 134 Å². The Morgan fingerprint density at radius 3 is 1.92 bits per heavy atom. The molecule has 0 aliphatic heterocycles. The second kappa shape index (κ2) is 20.0. The van der Waals surface area contributed by atoms with E-state index in [0.29, 0.717) is 0 Å². The number of hydrogen-bond acceptors (Lipinski definition) is 22. The number of anilines is 6. The topological polar surface area (TPSA) is 364 Å². The van der Waals surface area contributed by atoms with E-state index in [4.69, 9.17) is 11.0 Å². The third kappa shape index (κ3) is 14.6. The maximum atomic E-state index is 12.4. The molecule has 0 saturated carbocycles. The van der Waals surface area contributed by atoms with Gasteiger partial charge in [-0.2, -0.15) is 25.3 Å². The number of nitrogens with one attached hydrogen (secondary N) is 3. The summed E-state index contributed by atoms with van der Waals surface area (Å²) in [6.45, 7) is -0.917. The molecule has 0 aliphatic rings. The molecule has 5 N–H and O–H groups in total. The monoisotopic (exact) mass is 836 g/mol. The minimum Gasteiger partial charge on any atom is -0.744 e. The predicted octanol–water partition coefficient (Wildman–Crippen LogP) is -7.68. The molecule has 0 unspecified atom stereocenters. The Balaban J connectivity index is 0.00000468. The first kappa shape index (κ1) is 48.6. The van der Waals surface area contributed by atoms with Crippen molar-refractivity contribution in [2.75, 3.05) is 34.0 Å². The van der Waals surface area contributed by atoms with Gasteiger partial charge in [-0.25, -0.2) is 33.7 Å². The van der Waals surface area contributed by atoms with Crippen molar-refractivity contribution in [3.8, 4) is 6.19 Å². The van der Waals surface area contributed by atoms with Crippen LogP contribution in [0.5, 0.6) is 0 Å². The number of aromatic nitrogens is 3. The zero-order chi connectivity index (χ0) is 36.9. The van der Waals surface area contributed by atoms with Gasteiger partial charge in [-0.15, -0.1) is 5.11 Å². The van der Waals surface area contributed by atoms with Crippen LogP contribution in [0.25, 0.3) is 0 Å². The van der Waals surface area contributed by atoms with Crippen molar-refractivity contribution < 1.29 is 140 Å². The van der Waals surface area contributed by atoms with E-state index in [2.05, 4.69) is 45.3 Å². The summed E-state index contributed by atoms with van der Waals surface area (Å²) < 4.78 is 130. The Hall–Kier alpha value is -2.40. The molecule has 0 amide bonds. The number of nitrogens with two attached hydrogens (primary N) is 1. The molecule has 1 aromatic heterocycles. The maximum absolute atomic E-state index is 12.4. The molecule has 0 saturated heterocycles. The van der Waals surface area contributed by atoms with Crippen LogP contribution in [-0.2, 0) is 44.7 Å². The van der Waals surface area contributed by atoms with Crippen LogP contribution < -0.4 is 110 Å². The zero-order valence-corrected chi connectivity index (χ0v) is 36.7. The van der Waals surface area contributed by atoms with E-state index in [1.54, 1.807) is 6.19 Å². The molecule has 53 heavy (non-hydrogen) atoms. The Labute approximate surface area is 368 Å². The summed E-state index contributed by atoms with van der Waals surface area (Å²) in [5, 5.41) is 24.4. The minimum absolute atomic E-state index is 0. The van der Waals surface area contributed by atoms with Crippen LogP contribution in [0.4, 0.5) is 46.3 Å². The van der Waals surface area contributed by atoms with E-state index >= 15 is 0 Å². The fourth-order valence-corrected chi connectivity index (χ4v) is 6.36.